The summed E-state index contributed by atoms with van der Waals surface area (Å²) in [6, 6.07) is 24.4. The van der Waals surface area contributed by atoms with Crippen molar-refractivity contribution in [1.82, 2.24) is 9.97 Å². The van der Waals surface area contributed by atoms with E-state index in [1.807, 2.05) is 6.20 Å². The third-order valence-electron chi connectivity index (χ3n) is 9.45. The summed E-state index contributed by atoms with van der Waals surface area (Å²) in [6.45, 7) is 13.9. The molecule has 1 aromatic heterocycles. The van der Waals surface area contributed by atoms with Gasteiger partial charge >= 0.3 is 0 Å². The zero-order chi connectivity index (χ0) is 25.5. The lowest BCUT2D eigenvalue weighted by Gasteiger charge is -2.43. The largest absolute Gasteiger partial charge is 0.301 e. The first-order chi connectivity index (χ1) is 18.0. The Hall–Kier alpha value is -3.92. The average molecular weight is 485 g/mol. The van der Waals surface area contributed by atoms with Gasteiger partial charge in [-0.2, -0.15) is 0 Å². The van der Waals surface area contributed by atoms with E-state index in [-0.39, 0.29) is 17.0 Å². The quantitative estimate of drug-likeness (QED) is 0.277. The molecular formula is C33H32N4. The summed E-state index contributed by atoms with van der Waals surface area (Å²) in [4.78, 5) is 14.6. The molecule has 0 amide bonds. The Balaban J connectivity index is 1.51. The van der Waals surface area contributed by atoms with Crippen molar-refractivity contribution in [3.63, 3.8) is 0 Å². The minimum Gasteiger partial charge on any atom is -0.301 e. The standard InChI is InChI=1S/C33H32N4/c1-6-22-12-11-13-23(7-2)28(22)24-16-17-26-27(20-24)37-30-29(34-18-19-35-30)36(25-14-9-8-10-15-25)31(37)33(5)21(3)32(26,33)4/h8-20,31H,3,6-7H2,1-2,4-5H3. The van der Waals surface area contributed by atoms with Crippen LogP contribution in [0.4, 0.5) is 23.0 Å². The van der Waals surface area contributed by atoms with Crippen LogP contribution < -0.4 is 9.80 Å². The second kappa shape index (κ2) is 7.55. The average Bonchev–Trinajstić information content (AvgIpc) is 3.22. The van der Waals surface area contributed by atoms with Crippen LogP contribution in [0.3, 0.4) is 0 Å². The first-order valence-corrected chi connectivity index (χ1v) is 13.4. The Bertz CT molecular complexity index is 1550. The molecule has 4 heteroatoms. The topological polar surface area (TPSA) is 32.3 Å². The molecule has 3 unspecified atom stereocenters. The van der Waals surface area contributed by atoms with Gasteiger partial charge < -0.3 is 9.80 Å². The van der Waals surface area contributed by atoms with Gasteiger partial charge in [0.05, 0.1) is 0 Å². The molecule has 0 N–H and O–H groups in total. The van der Waals surface area contributed by atoms with Crippen molar-refractivity contribution in [1.29, 1.82) is 0 Å². The molecule has 4 nitrogen and oxygen atoms in total. The molecule has 3 aromatic carbocycles. The summed E-state index contributed by atoms with van der Waals surface area (Å²) in [5.41, 5.74) is 10.1. The summed E-state index contributed by atoms with van der Waals surface area (Å²) < 4.78 is 0. The highest BCUT2D eigenvalue weighted by molar-refractivity contribution is 5.92. The van der Waals surface area contributed by atoms with Gasteiger partial charge in [-0.15, -0.1) is 0 Å². The first kappa shape index (κ1) is 22.3. The summed E-state index contributed by atoms with van der Waals surface area (Å²) in [5.74, 6) is 1.82. The molecule has 37 heavy (non-hydrogen) atoms. The molecule has 1 fully saturated rings. The van der Waals surface area contributed by atoms with E-state index in [1.165, 1.54) is 39.1 Å². The highest BCUT2D eigenvalue weighted by atomic mass is 15.5. The lowest BCUT2D eigenvalue weighted by Crippen LogP contribution is -2.50. The van der Waals surface area contributed by atoms with Crippen LogP contribution >= 0.6 is 0 Å². The minimum absolute atomic E-state index is 0.0135. The van der Waals surface area contributed by atoms with Gasteiger partial charge in [0.15, 0.2) is 11.6 Å². The van der Waals surface area contributed by atoms with Crippen LogP contribution in [0, 0.1) is 5.41 Å². The van der Waals surface area contributed by atoms with Gasteiger partial charge in [-0.1, -0.05) is 88.4 Å². The van der Waals surface area contributed by atoms with Gasteiger partial charge in [0.2, 0.25) is 0 Å². The molecule has 0 spiro atoms. The lowest BCUT2D eigenvalue weighted by molar-refractivity contribution is 0.376. The van der Waals surface area contributed by atoms with Crippen LogP contribution in [0.5, 0.6) is 0 Å². The molecule has 4 aromatic rings. The summed E-state index contributed by atoms with van der Waals surface area (Å²) >= 11 is 0. The second-order valence-corrected chi connectivity index (χ2v) is 10.8. The van der Waals surface area contributed by atoms with Crippen molar-refractivity contribution >= 4 is 23.0 Å². The summed E-state index contributed by atoms with van der Waals surface area (Å²) in [5, 5.41) is 0. The van der Waals surface area contributed by atoms with Crippen molar-refractivity contribution in [2.75, 3.05) is 9.80 Å². The summed E-state index contributed by atoms with van der Waals surface area (Å²) in [6.07, 6.45) is 5.65. The molecular weight excluding hydrogens is 452 g/mol. The van der Waals surface area contributed by atoms with E-state index in [0.29, 0.717) is 0 Å². The van der Waals surface area contributed by atoms with E-state index < -0.39 is 0 Å². The lowest BCUT2D eigenvalue weighted by atomic mass is 9.80. The molecule has 0 bridgehead atoms. The fourth-order valence-electron chi connectivity index (χ4n) is 7.21. The second-order valence-electron chi connectivity index (χ2n) is 10.8. The molecule has 2 aliphatic heterocycles. The molecule has 1 aliphatic carbocycles. The first-order valence-electron chi connectivity index (χ1n) is 13.4. The number of aromatic nitrogens is 2. The molecule has 7 rings (SSSR count). The summed E-state index contributed by atoms with van der Waals surface area (Å²) in [7, 11) is 0. The van der Waals surface area contributed by atoms with Crippen LogP contribution in [-0.4, -0.2) is 16.1 Å². The molecule has 0 radical (unpaired) electrons. The van der Waals surface area contributed by atoms with Crippen molar-refractivity contribution in [2.24, 2.45) is 5.41 Å². The van der Waals surface area contributed by atoms with Crippen molar-refractivity contribution in [3.05, 3.63) is 108 Å². The molecule has 1 saturated carbocycles. The predicted molar refractivity (Wildman–Crippen MR) is 152 cm³/mol. The third kappa shape index (κ3) is 2.63. The van der Waals surface area contributed by atoms with Crippen molar-refractivity contribution in [3.8, 4) is 11.1 Å². The van der Waals surface area contributed by atoms with E-state index in [4.69, 9.17) is 9.97 Å². The van der Waals surface area contributed by atoms with E-state index in [2.05, 4.69) is 111 Å². The van der Waals surface area contributed by atoms with Gasteiger partial charge in [-0.25, -0.2) is 9.97 Å². The number of para-hydroxylation sites is 1. The Kier molecular flexibility index (Phi) is 4.55. The van der Waals surface area contributed by atoms with Crippen molar-refractivity contribution in [2.45, 2.75) is 52.1 Å². The number of aryl methyl sites for hydroxylation is 2. The van der Waals surface area contributed by atoms with Gasteiger partial charge in [0.1, 0.15) is 6.17 Å². The van der Waals surface area contributed by atoms with Crippen LogP contribution in [-0.2, 0) is 18.3 Å². The molecule has 3 heterocycles. The fraction of sp³-hybridized carbons (Fsp3) is 0.273. The zero-order valence-corrected chi connectivity index (χ0v) is 22.0. The van der Waals surface area contributed by atoms with Gasteiger partial charge in [-0.3, -0.25) is 0 Å². The van der Waals surface area contributed by atoms with E-state index >= 15 is 0 Å². The van der Waals surface area contributed by atoms with E-state index in [1.54, 1.807) is 6.20 Å². The normalized spacial score (nSPS) is 24.9. The number of fused-ring (bicyclic) bond motifs is 8. The Labute approximate surface area is 219 Å². The minimum atomic E-state index is -0.143. The molecule has 3 atom stereocenters. The Morgan fingerprint density at radius 2 is 1.46 bits per heavy atom. The molecule has 0 saturated heterocycles. The van der Waals surface area contributed by atoms with Gasteiger partial charge in [0, 0.05) is 34.6 Å². The number of nitrogens with zero attached hydrogens (tertiary/aromatic N) is 4. The molecule has 3 aliphatic rings. The number of hydrogen-bond donors (Lipinski definition) is 0. The maximum Gasteiger partial charge on any atom is 0.178 e. The van der Waals surface area contributed by atoms with Crippen LogP contribution in [0.25, 0.3) is 11.1 Å². The Morgan fingerprint density at radius 1 is 0.811 bits per heavy atom. The van der Waals surface area contributed by atoms with Gasteiger partial charge in [0.25, 0.3) is 0 Å². The highest BCUT2D eigenvalue weighted by Crippen LogP contribution is 2.77. The molecule has 184 valence electrons. The SMILES string of the molecule is C=C1C2(C)c3ccc(-c4c(CC)cccc4CC)cc3N3c4nccnc4N(c4ccccc4)C3C12C. The zero-order valence-electron chi connectivity index (χ0n) is 22.0. The third-order valence-corrected chi connectivity index (χ3v) is 9.45. The van der Waals surface area contributed by atoms with Crippen LogP contribution in [0.2, 0.25) is 0 Å². The fourth-order valence-corrected chi connectivity index (χ4v) is 7.21. The van der Waals surface area contributed by atoms with E-state index in [0.717, 1.165) is 30.2 Å². The predicted octanol–water partition coefficient (Wildman–Crippen LogP) is 7.73. The van der Waals surface area contributed by atoms with Crippen molar-refractivity contribution < 1.29 is 0 Å². The van der Waals surface area contributed by atoms with Crippen LogP contribution in [0.15, 0.2) is 91.3 Å². The number of anilines is 4. The number of rotatable bonds is 4. The van der Waals surface area contributed by atoms with Gasteiger partial charge in [-0.05, 0) is 58.9 Å². The number of hydrogen-bond acceptors (Lipinski definition) is 4. The smallest absolute Gasteiger partial charge is 0.178 e. The maximum atomic E-state index is 4.91. The highest BCUT2D eigenvalue weighted by Gasteiger charge is 2.76. The maximum absolute atomic E-state index is 4.91. The number of benzene rings is 3. The van der Waals surface area contributed by atoms with E-state index in [9.17, 15) is 0 Å². The van der Waals surface area contributed by atoms with Crippen LogP contribution in [0.1, 0.15) is 44.4 Å². The monoisotopic (exact) mass is 484 g/mol. The Morgan fingerprint density at radius 3 is 2.11 bits per heavy atom.